The van der Waals surface area contributed by atoms with Gasteiger partial charge in [0, 0.05) is 37.2 Å². The second kappa shape index (κ2) is 7.35. The molecule has 0 aromatic heterocycles. The van der Waals surface area contributed by atoms with E-state index in [2.05, 4.69) is 46.0 Å². The van der Waals surface area contributed by atoms with Crippen molar-refractivity contribution in [2.75, 3.05) is 26.2 Å². The van der Waals surface area contributed by atoms with Crippen molar-refractivity contribution in [3.63, 3.8) is 0 Å². The molecule has 1 heterocycles. The fourth-order valence-corrected chi connectivity index (χ4v) is 5.34. The zero-order valence-corrected chi connectivity index (χ0v) is 16.1. The summed E-state index contributed by atoms with van der Waals surface area (Å²) in [5.41, 5.74) is 2.58. The Morgan fingerprint density at radius 2 is 1.58 bits per heavy atom. The Morgan fingerprint density at radius 3 is 2.25 bits per heavy atom. The monoisotopic (exact) mass is 408 g/mol. The highest BCUT2D eigenvalue weighted by Gasteiger charge is 2.29. The van der Waals surface area contributed by atoms with Crippen LogP contribution in [-0.2, 0) is 16.6 Å². The Hall–Kier alpha value is -1.21. The first-order chi connectivity index (χ1) is 11.5. The molecule has 0 spiro atoms. The van der Waals surface area contributed by atoms with Gasteiger partial charge in [-0.2, -0.15) is 4.31 Å². The molecular formula is C18H21BrN2O2S. The van der Waals surface area contributed by atoms with Gasteiger partial charge in [0.15, 0.2) is 0 Å². The fourth-order valence-electron chi connectivity index (χ4n) is 2.95. The molecule has 1 aliphatic rings. The number of nitrogens with zero attached hydrogens (tertiary/aromatic N) is 2. The summed E-state index contributed by atoms with van der Waals surface area (Å²) in [6.07, 6.45) is 0. The lowest BCUT2D eigenvalue weighted by Crippen LogP contribution is -2.48. The van der Waals surface area contributed by atoms with Crippen LogP contribution in [0.5, 0.6) is 0 Å². The summed E-state index contributed by atoms with van der Waals surface area (Å²) in [6.45, 7) is 5.53. The van der Waals surface area contributed by atoms with Gasteiger partial charge in [0.2, 0.25) is 10.0 Å². The quantitative estimate of drug-likeness (QED) is 0.779. The molecule has 0 unspecified atom stereocenters. The predicted molar refractivity (Wildman–Crippen MR) is 99.4 cm³/mol. The number of sulfonamides is 1. The van der Waals surface area contributed by atoms with Crippen LogP contribution in [0, 0.1) is 6.92 Å². The summed E-state index contributed by atoms with van der Waals surface area (Å²) in [5, 5.41) is 0. The maximum absolute atomic E-state index is 12.8. The van der Waals surface area contributed by atoms with E-state index < -0.39 is 10.0 Å². The second-order valence-electron chi connectivity index (χ2n) is 6.04. The molecule has 0 amide bonds. The molecule has 1 saturated heterocycles. The minimum atomic E-state index is -3.44. The third kappa shape index (κ3) is 3.72. The molecule has 2 aromatic rings. The zero-order chi connectivity index (χ0) is 17.2. The fraction of sp³-hybridized carbons (Fsp3) is 0.333. The van der Waals surface area contributed by atoms with E-state index in [9.17, 15) is 8.42 Å². The summed E-state index contributed by atoms with van der Waals surface area (Å²) in [5.74, 6) is 0. The van der Waals surface area contributed by atoms with Crippen molar-refractivity contribution in [2.24, 2.45) is 0 Å². The van der Waals surface area contributed by atoms with Crippen LogP contribution < -0.4 is 0 Å². The molecule has 1 aliphatic heterocycles. The van der Waals surface area contributed by atoms with Gasteiger partial charge < -0.3 is 0 Å². The standard InChI is InChI=1S/C18H21BrN2O2S/c1-15-6-2-3-7-16(15)14-20-10-12-21(13-11-20)24(22,23)18-9-5-4-8-17(18)19/h2-9H,10-14H2,1H3. The number of rotatable bonds is 4. The van der Waals surface area contributed by atoms with Gasteiger partial charge in [0.25, 0.3) is 0 Å². The van der Waals surface area contributed by atoms with E-state index in [0.717, 1.165) is 19.6 Å². The third-order valence-electron chi connectivity index (χ3n) is 4.44. The molecule has 0 saturated carbocycles. The molecule has 4 nitrogen and oxygen atoms in total. The Labute approximate surface area is 152 Å². The van der Waals surface area contributed by atoms with Gasteiger partial charge in [0.05, 0.1) is 4.90 Å². The van der Waals surface area contributed by atoms with E-state index in [4.69, 9.17) is 0 Å². The number of benzene rings is 2. The lowest BCUT2D eigenvalue weighted by Gasteiger charge is -2.34. The van der Waals surface area contributed by atoms with Crippen molar-refractivity contribution in [3.05, 3.63) is 64.1 Å². The van der Waals surface area contributed by atoms with Crippen molar-refractivity contribution in [1.82, 2.24) is 9.21 Å². The van der Waals surface area contributed by atoms with Gasteiger partial charge in [-0.05, 0) is 46.1 Å². The molecule has 0 radical (unpaired) electrons. The third-order valence-corrected chi connectivity index (χ3v) is 7.35. The minimum absolute atomic E-state index is 0.345. The Bertz CT molecular complexity index is 815. The number of aryl methyl sites for hydroxylation is 1. The highest BCUT2D eigenvalue weighted by molar-refractivity contribution is 9.10. The maximum Gasteiger partial charge on any atom is 0.244 e. The van der Waals surface area contributed by atoms with Crippen molar-refractivity contribution >= 4 is 26.0 Å². The minimum Gasteiger partial charge on any atom is -0.296 e. The first-order valence-electron chi connectivity index (χ1n) is 8.00. The van der Waals surface area contributed by atoms with E-state index in [-0.39, 0.29) is 0 Å². The molecule has 24 heavy (non-hydrogen) atoms. The van der Waals surface area contributed by atoms with E-state index >= 15 is 0 Å². The molecule has 3 rings (SSSR count). The van der Waals surface area contributed by atoms with Crippen LogP contribution in [-0.4, -0.2) is 43.8 Å². The number of piperazine rings is 1. The summed E-state index contributed by atoms with van der Waals surface area (Å²) in [6, 6.07) is 15.3. The van der Waals surface area contributed by atoms with Crippen molar-refractivity contribution < 1.29 is 8.42 Å². The molecule has 128 valence electrons. The van der Waals surface area contributed by atoms with Crippen LogP contribution >= 0.6 is 15.9 Å². The number of halogens is 1. The SMILES string of the molecule is Cc1ccccc1CN1CCN(S(=O)(=O)c2ccccc2Br)CC1. The summed E-state index contributed by atoms with van der Waals surface area (Å²) in [7, 11) is -3.44. The van der Waals surface area contributed by atoms with Crippen molar-refractivity contribution in [3.8, 4) is 0 Å². The maximum atomic E-state index is 12.8. The highest BCUT2D eigenvalue weighted by atomic mass is 79.9. The molecule has 0 N–H and O–H groups in total. The molecule has 0 atom stereocenters. The molecule has 2 aromatic carbocycles. The summed E-state index contributed by atoms with van der Waals surface area (Å²) < 4.78 is 27.8. The second-order valence-corrected chi connectivity index (χ2v) is 8.80. The highest BCUT2D eigenvalue weighted by Crippen LogP contribution is 2.25. The number of hydrogen-bond acceptors (Lipinski definition) is 3. The summed E-state index contributed by atoms with van der Waals surface area (Å²) in [4.78, 5) is 2.66. The van der Waals surface area contributed by atoms with E-state index in [1.807, 2.05) is 12.1 Å². The Morgan fingerprint density at radius 1 is 0.958 bits per heavy atom. The van der Waals surface area contributed by atoms with Crippen LogP contribution in [0.4, 0.5) is 0 Å². The molecule has 0 bridgehead atoms. The normalized spacial score (nSPS) is 17.1. The van der Waals surface area contributed by atoms with Crippen LogP contribution in [0.1, 0.15) is 11.1 Å². The van der Waals surface area contributed by atoms with Crippen LogP contribution in [0.25, 0.3) is 0 Å². The van der Waals surface area contributed by atoms with Gasteiger partial charge in [-0.3, -0.25) is 4.90 Å². The first-order valence-corrected chi connectivity index (χ1v) is 10.2. The topological polar surface area (TPSA) is 40.6 Å². The first kappa shape index (κ1) is 17.6. The predicted octanol–water partition coefficient (Wildman–Crippen LogP) is 3.26. The van der Waals surface area contributed by atoms with Crippen molar-refractivity contribution in [2.45, 2.75) is 18.4 Å². The zero-order valence-electron chi connectivity index (χ0n) is 13.7. The Kier molecular flexibility index (Phi) is 5.39. The average molecular weight is 409 g/mol. The van der Waals surface area contributed by atoms with Crippen molar-refractivity contribution in [1.29, 1.82) is 0 Å². The molecule has 1 fully saturated rings. The van der Waals surface area contributed by atoms with E-state index in [0.29, 0.717) is 22.5 Å². The Balaban J connectivity index is 1.67. The number of hydrogen-bond donors (Lipinski definition) is 0. The van der Waals surface area contributed by atoms with Crippen LogP contribution in [0.3, 0.4) is 0 Å². The van der Waals surface area contributed by atoms with E-state index in [1.165, 1.54) is 11.1 Å². The van der Waals surface area contributed by atoms with Gasteiger partial charge in [-0.15, -0.1) is 0 Å². The van der Waals surface area contributed by atoms with Crippen LogP contribution in [0.15, 0.2) is 57.9 Å². The molecule has 6 heteroatoms. The largest absolute Gasteiger partial charge is 0.296 e. The van der Waals surface area contributed by atoms with Gasteiger partial charge >= 0.3 is 0 Å². The molecule has 0 aliphatic carbocycles. The van der Waals surface area contributed by atoms with Crippen LogP contribution in [0.2, 0.25) is 0 Å². The van der Waals surface area contributed by atoms with Gasteiger partial charge in [0.1, 0.15) is 0 Å². The average Bonchev–Trinajstić information content (AvgIpc) is 2.58. The van der Waals surface area contributed by atoms with Gasteiger partial charge in [-0.1, -0.05) is 36.4 Å². The summed E-state index contributed by atoms with van der Waals surface area (Å²) >= 11 is 3.35. The molecular weight excluding hydrogens is 388 g/mol. The van der Waals surface area contributed by atoms with Gasteiger partial charge in [-0.25, -0.2) is 8.42 Å². The lowest BCUT2D eigenvalue weighted by atomic mass is 10.1. The lowest BCUT2D eigenvalue weighted by molar-refractivity contribution is 0.181. The van der Waals surface area contributed by atoms with E-state index in [1.54, 1.807) is 22.5 Å². The smallest absolute Gasteiger partial charge is 0.244 e.